The van der Waals surface area contributed by atoms with E-state index < -0.39 is 0 Å². The second-order valence-corrected chi connectivity index (χ2v) is 19.6. The molecule has 7 aliphatic rings. The summed E-state index contributed by atoms with van der Waals surface area (Å²) in [6.07, 6.45) is 14.3. The molecule has 0 radical (unpaired) electrons. The summed E-state index contributed by atoms with van der Waals surface area (Å²) in [6, 6.07) is 50.0. The van der Waals surface area contributed by atoms with E-state index in [9.17, 15) is 0 Å². The van der Waals surface area contributed by atoms with E-state index in [1.807, 2.05) is 0 Å². The topological polar surface area (TPSA) is 3.24 Å². The van der Waals surface area contributed by atoms with E-state index in [1.165, 1.54) is 125 Å². The number of benzene rings is 6. The van der Waals surface area contributed by atoms with Gasteiger partial charge in [0.1, 0.15) is 0 Å². The Morgan fingerprint density at radius 3 is 1.87 bits per heavy atom. The molecule has 0 aliphatic heterocycles. The molecule has 0 spiro atoms. The molecule has 0 heterocycles. The molecule has 0 aromatic heterocycles. The van der Waals surface area contributed by atoms with Crippen LogP contribution in [0.2, 0.25) is 0 Å². The minimum absolute atomic E-state index is 0.0996. The fourth-order valence-electron chi connectivity index (χ4n) is 14.0. The molecule has 13 rings (SSSR count). The quantitative estimate of drug-likeness (QED) is 0.166. The van der Waals surface area contributed by atoms with Gasteiger partial charge in [-0.2, -0.15) is 0 Å². The Morgan fingerprint density at radius 2 is 1.16 bits per heavy atom. The Kier molecular flexibility index (Phi) is 7.08. The molecular formula is C54H53N. The fraction of sp³-hybridized carbons (Fsp3) is 0.370. The molecule has 0 amide bonds. The van der Waals surface area contributed by atoms with Gasteiger partial charge in [-0.3, -0.25) is 0 Å². The normalized spacial score (nSPS) is 29.1. The molecule has 0 saturated heterocycles. The van der Waals surface area contributed by atoms with E-state index in [1.54, 1.807) is 11.1 Å². The van der Waals surface area contributed by atoms with Gasteiger partial charge in [-0.05, 0) is 185 Å². The number of fused-ring (bicyclic) bond motifs is 6. The van der Waals surface area contributed by atoms with Gasteiger partial charge in [-0.1, -0.05) is 111 Å². The van der Waals surface area contributed by atoms with Crippen molar-refractivity contribution in [1.82, 2.24) is 0 Å². The van der Waals surface area contributed by atoms with Crippen LogP contribution in [-0.4, -0.2) is 0 Å². The first-order chi connectivity index (χ1) is 26.9. The molecule has 6 bridgehead atoms. The minimum Gasteiger partial charge on any atom is -0.310 e. The highest BCUT2D eigenvalue weighted by atomic mass is 15.1. The van der Waals surface area contributed by atoms with Gasteiger partial charge in [0.15, 0.2) is 0 Å². The number of rotatable bonds is 6. The van der Waals surface area contributed by atoms with Gasteiger partial charge < -0.3 is 4.90 Å². The Labute approximate surface area is 327 Å². The molecule has 6 fully saturated rings. The predicted molar refractivity (Wildman–Crippen MR) is 230 cm³/mol. The van der Waals surface area contributed by atoms with Gasteiger partial charge >= 0.3 is 0 Å². The SMILES string of the molecule is CC1(C)c2ccccc2-c2cc(-c3cccc4ccccc34)c(N(c3ccc(C4CC5CCC4C5)cc3)c3ccc(C45CC6CC(CC(C6)C4)C5)cc3)cc21. The Morgan fingerprint density at radius 1 is 0.509 bits per heavy atom. The van der Waals surface area contributed by atoms with Crippen LogP contribution in [-0.2, 0) is 10.8 Å². The predicted octanol–water partition coefficient (Wildman–Crippen LogP) is 14.7. The van der Waals surface area contributed by atoms with Crippen LogP contribution < -0.4 is 4.90 Å². The molecule has 1 heteroatoms. The minimum atomic E-state index is -0.0996. The van der Waals surface area contributed by atoms with Crippen LogP contribution in [0.5, 0.6) is 0 Å². The molecule has 55 heavy (non-hydrogen) atoms. The van der Waals surface area contributed by atoms with E-state index in [4.69, 9.17) is 0 Å². The van der Waals surface area contributed by atoms with Crippen LogP contribution >= 0.6 is 0 Å². The molecule has 0 N–H and O–H groups in total. The van der Waals surface area contributed by atoms with Gasteiger partial charge in [-0.15, -0.1) is 0 Å². The highest BCUT2D eigenvalue weighted by molar-refractivity contribution is 6.03. The highest BCUT2D eigenvalue weighted by Gasteiger charge is 2.51. The second kappa shape index (κ2) is 11.9. The summed E-state index contributed by atoms with van der Waals surface area (Å²) < 4.78 is 0. The summed E-state index contributed by atoms with van der Waals surface area (Å²) in [4.78, 5) is 2.62. The van der Waals surface area contributed by atoms with Gasteiger partial charge in [0.2, 0.25) is 0 Å². The van der Waals surface area contributed by atoms with Crippen molar-refractivity contribution in [2.75, 3.05) is 4.90 Å². The van der Waals surface area contributed by atoms with E-state index in [2.05, 4.69) is 146 Å². The van der Waals surface area contributed by atoms with Crippen molar-refractivity contribution in [3.63, 3.8) is 0 Å². The first-order valence-corrected chi connectivity index (χ1v) is 21.7. The molecule has 1 nitrogen and oxygen atoms in total. The number of nitrogens with zero attached hydrogens (tertiary/aromatic N) is 1. The Balaban J connectivity index is 1.05. The first-order valence-electron chi connectivity index (χ1n) is 21.7. The zero-order valence-electron chi connectivity index (χ0n) is 32.6. The maximum atomic E-state index is 2.62. The molecule has 7 aliphatic carbocycles. The van der Waals surface area contributed by atoms with Crippen molar-refractivity contribution in [3.05, 3.63) is 150 Å². The third-order valence-electron chi connectivity index (χ3n) is 16.1. The number of hydrogen-bond acceptors (Lipinski definition) is 1. The first kappa shape index (κ1) is 32.6. The number of anilines is 3. The second-order valence-electron chi connectivity index (χ2n) is 19.6. The van der Waals surface area contributed by atoms with Gasteiger partial charge in [-0.25, -0.2) is 0 Å². The van der Waals surface area contributed by atoms with E-state index in [0.29, 0.717) is 5.41 Å². The molecule has 3 atom stereocenters. The van der Waals surface area contributed by atoms with Crippen LogP contribution in [0.4, 0.5) is 17.1 Å². The van der Waals surface area contributed by atoms with Crippen LogP contribution in [0, 0.1) is 29.6 Å². The monoisotopic (exact) mass is 715 g/mol. The zero-order valence-corrected chi connectivity index (χ0v) is 32.6. The summed E-state index contributed by atoms with van der Waals surface area (Å²) in [6.45, 7) is 4.85. The lowest BCUT2D eigenvalue weighted by atomic mass is 9.48. The van der Waals surface area contributed by atoms with Crippen molar-refractivity contribution in [2.24, 2.45) is 29.6 Å². The average molecular weight is 716 g/mol. The van der Waals surface area contributed by atoms with Crippen molar-refractivity contribution in [1.29, 1.82) is 0 Å². The number of hydrogen-bond donors (Lipinski definition) is 0. The van der Waals surface area contributed by atoms with Crippen molar-refractivity contribution in [3.8, 4) is 22.3 Å². The van der Waals surface area contributed by atoms with Crippen molar-refractivity contribution < 1.29 is 0 Å². The van der Waals surface area contributed by atoms with Gasteiger partial charge in [0, 0.05) is 22.4 Å². The van der Waals surface area contributed by atoms with E-state index >= 15 is 0 Å². The summed E-state index contributed by atoms with van der Waals surface area (Å²) >= 11 is 0. The maximum absolute atomic E-state index is 2.62. The fourth-order valence-corrected chi connectivity index (χ4v) is 14.0. The lowest BCUT2D eigenvalue weighted by Gasteiger charge is -2.57. The maximum Gasteiger partial charge on any atom is 0.0543 e. The summed E-state index contributed by atoms with van der Waals surface area (Å²) in [5.74, 6) is 5.38. The van der Waals surface area contributed by atoms with Crippen LogP contribution in [0.3, 0.4) is 0 Å². The molecule has 6 aromatic carbocycles. The standard InChI is InChI=1S/C54H53N/c1-53(2)50-13-6-5-11-46(50)48-29-49(45-12-7-9-38-8-3-4-10-44(38)45)52(30-51(48)53)55(42-20-16-39(17-21-42)47-28-34-14-15-40(47)27-34)43-22-18-41(19-23-43)54-31-35-24-36(32-54)26-37(25-35)33-54/h3-13,16-23,29-30,34-37,40,47H,14-15,24-28,31-33H2,1-2H3. The molecule has 6 aromatic rings. The Hall–Kier alpha value is -4.62. The zero-order chi connectivity index (χ0) is 36.5. The van der Waals surface area contributed by atoms with Gasteiger partial charge in [0.05, 0.1) is 5.69 Å². The highest BCUT2D eigenvalue weighted by Crippen LogP contribution is 2.61. The third kappa shape index (κ3) is 4.97. The van der Waals surface area contributed by atoms with Crippen molar-refractivity contribution in [2.45, 2.75) is 94.8 Å². The molecule has 3 unspecified atom stereocenters. The molecule has 6 saturated carbocycles. The summed E-state index contributed by atoms with van der Waals surface area (Å²) in [7, 11) is 0. The van der Waals surface area contributed by atoms with Crippen LogP contribution in [0.25, 0.3) is 33.0 Å². The summed E-state index contributed by atoms with van der Waals surface area (Å²) in [5, 5.41) is 2.59. The summed E-state index contributed by atoms with van der Waals surface area (Å²) in [5.41, 5.74) is 15.4. The molecular weight excluding hydrogens is 663 g/mol. The van der Waals surface area contributed by atoms with Crippen molar-refractivity contribution >= 4 is 27.8 Å². The lowest BCUT2D eigenvalue weighted by molar-refractivity contribution is -0.00518. The van der Waals surface area contributed by atoms with Crippen LogP contribution in [0.1, 0.15) is 106 Å². The largest absolute Gasteiger partial charge is 0.310 e. The van der Waals surface area contributed by atoms with E-state index in [0.717, 1.165) is 35.5 Å². The van der Waals surface area contributed by atoms with E-state index in [-0.39, 0.29) is 5.41 Å². The molecule has 274 valence electrons. The Bertz CT molecular complexity index is 2420. The third-order valence-corrected chi connectivity index (χ3v) is 16.1. The smallest absolute Gasteiger partial charge is 0.0543 e. The van der Waals surface area contributed by atoms with Gasteiger partial charge in [0.25, 0.3) is 0 Å². The average Bonchev–Trinajstić information content (AvgIpc) is 3.91. The lowest BCUT2D eigenvalue weighted by Crippen LogP contribution is -2.48. The van der Waals surface area contributed by atoms with Crippen LogP contribution in [0.15, 0.2) is 127 Å².